The van der Waals surface area contributed by atoms with Crippen molar-refractivity contribution in [1.82, 2.24) is 8.87 Å². The molecule has 1 fully saturated rings. The SMILES string of the molecule is CCc1ccc2c(c1)sc(=NC(=O)C1CCCN1S(=O)(=O)c1ccc(Cl)cc1)n2CC(=O)OC. The summed E-state index contributed by atoms with van der Waals surface area (Å²) in [4.78, 5) is 30.0. The molecule has 0 spiro atoms. The summed E-state index contributed by atoms with van der Waals surface area (Å²) in [6.07, 6.45) is 1.76. The summed E-state index contributed by atoms with van der Waals surface area (Å²) < 4.78 is 34.9. The van der Waals surface area contributed by atoms with Crippen molar-refractivity contribution in [2.24, 2.45) is 4.99 Å². The minimum atomic E-state index is -3.89. The summed E-state index contributed by atoms with van der Waals surface area (Å²) in [7, 11) is -2.59. The van der Waals surface area contributed by atoms with E-state index in [4.69, 9.17) is 16.3 Å². The fraction of sp³-hybridized carbons (Fsp3) is 0.348. The van der Waals surface area contributed by atoms with Crippen LogP contribution < -0.4 is 4.80 Å². The molecule has 0 radical (unpaired) electrons. The number of carbonyl (C=O) groups is 2. The lowest BCUT2D eigenvalue weighted by molar-refractivity contribution is -0.141. The van der Waals surface area contributed by atoms with Gasteiger partial charge in [0, 0.05) is 11.6 Å². The first-order valence-corrected chi connectivity index (χ1v) is 13.4. The van der Waals surface area contributed by atoms with E-state index in [-0.39, 0.29) is 18.0 Å². The Bertz CT molecular complexity index is 1410. The van der Waals surface area contributed by atoms with Crippen molar-refractivity contribution in [1.29, 1.82) is 0 Å². The van der Waals surface area contributed by atoms with Crippen LogP contribution in [-0.2, 0) is 37.3 Å². The van der Waals surface area contributed by atoms with Crippen molar-refractivity contribution in [2.45, 2.75) is 43.7 Å². The number of ether oxygens (including phenoxy) is 1. The smallest absolute Gasteiger partial charge is 0.325 e. The van der Waals surface area contributed by atoms with Gasteiger partial charge in [0.15, 0.2) is 4.80 Å². The molecular formula is C23H24ClN3O5S2. The van der Waals surface area contributed by atoms with Crippen LogP contribution in [0, 0.1) is 0 Å². The van der Waals surface area contributed by atoms with Gasteiger partial charge in [-0.1, -0.05) is 35.9 Å². The molecule has 2 heterocycles. The number of sulfonamides is 1. The van der Waals surface area contributed by atoms with Crippen LogP contribution in [-0.4, -0.2) is 48.9 Å². The highest BCUT2D eigenvalue weighted by Gasteiger charge is 2.39. The van der Waals surface area contributed by atoms with Gasteiger partial charge in [-0.25, -0.2) is 8.42 Å². The van der Waals surface area contributed by atoms with E-state index in [2.05, 4.69) is 4.99 Å². The minimum absolute atomic E-state index is 0.0753. The van der Waals surface area contributed by atoms with Gasteiger partial charge in [0.05, 0.1) is 22.2 Å². The molecule has 1 amide bonds. The van der Waals surface area contributed by atoms with E-state index in [0.29, 0.717) is 22.7 Å². The second kappa shape index (κ2) is 9.99. The van der Waals surface area contributed by atoms with Crippen LogP contribution in [0.25, 0.3) is 10.2 Å². The number of fused-ring (bicyclic) bond motifs is 1. The maximum Gasteiger partial charge on any atom is 0.325 e. The molecule has 180 valence electrons. The number of benzene rings is 2. The first-order valence-electron chi connectivity index (χ1n) is 10.8. The summed E-state index contributed by atoms with van der Waals surface area (Å²) in [5.74, 6) is -1.03. The van der Waals surface area contributed by atoms with Gasteiger partial charge in [-0.15, -0.1) is 0 Å². The third-order valence-electron chi connectivity index (χ3n) is 5.79. The van der Waals surface area contributed by atoms with Gasteiger partial charge in [-0.3, -0.25) is 9.59 Å². The van der Waals surface area contributed by atoms with Gasteiger partial charge in [0.1, 0.15) is 12.6 Å². The summed E-state index contributed by atoms with van der Waals surface area (Å²) in [5, 5.41) is 0.425. The average Bonchev–Trinajstić information content (AvgIpc) is 3.45. The molecule has 1 aliphatic heterocycles. The van der Waals surface area contributed by atoms with E-state index in [1.165, 1.54) is 47.0 Å². The van der Waals surface area contributed by atoms with Crippen LogP contribution in [0.5, 0.6) is 0 Å². The molecule has 1 unspecified atom stereocenters. The van der Waals surface area contributed by atoms with E-state index in [1.54, 1.807) is 4.57 Å². The van der Waals surface area contributed by atoms with Crippen molar-refractivity contribution >= 4 is 55.1 Å². The van der Waals surface area contributed by atoms with Crippen LogP contribution in [0.1, 0.15) is 25.3 Å². The zero-order chi connectivity index (χ0) is 24.5. The second-order valence-electron chi connectivity index (χ2n) is 7.88. The number of hydrogen-bond donors (Lipinski definition) is 0. The molecule has 2 aromatic carbocycles. The maximum absolute atomic E-state index is 13.2. The number of methoxy groups -OCH3 is 1. The van der Waals surface area contributed by atoms with E-state index in [9.17, 15) is 18.0 Å². The van der Waals surface area contributed by atoms with Crippen LogP contribution in [0.15, 0.2) is 52.4 Å². The van der Waals surface area contributed by atoms with Crippen molar-refractivity contribution in [3.63, 3.8) is 0 Å². The Labute approximate surface area is 206 Å². The van der Waals surface area contributed by atoms with Gasteiger partial charge < -0.3 is 9.30 Å². The lowest BCUT2D eigenvalue weighted by atomic mass is 10.2. The largest absolute Gasteiger partial charge is 0.468 e. The van der Waals surface area contributed by atoms with Gasteiger partial charge in [0.2, 0.25) is 10.0 Å². The molecule has 8 nitrogen and oxygen atoms in total. The number of aromatic nitrogens is 1. The predicted molar refractivity (Wildman–Crippen MR) is 130 cm³/mol. The molecule has 11 heteroatoms. The lowest BCUT2D eigenvalue weighted by Gasteiger charge is -2.21. The molecule has 0 bridgehead atoms. The van der Waals surface area contributed by atoms with Gasteiger partial charge >= 0.3 is 5.97 Å². The number of halogens is 1. The minimum Gasteiger partial charge on any atom is -0.468 e. The number of carbonyl (C=O) groups excluding carboxylic acids is 2. The maximum atomic E-state index is 13.2. The monoisotopic (exact) mass is 521 g/mol. The third-order valence-corrected chi connectivity index (χ3v) is 9.00. The Balaban J connectivity index is 1.73. The molecule has 0 saturated carbocycles. The Kier molecular flexibility index (Phi) is 7.22. The van der Waals surface area contributed by atoms with Crippen LogP contribution >= 0.6 is 22.9 Å². The van der Waals surface area contributed by atoms with Crippen LogP contribution in [0.3, 0.4) is 0 Å². The Hall–Kier alpha value is -2.53. The summed E-state index contributed by atoms with van der Waals surface area (Å²) in [6, 6.07) is 10.8. The normalized spacial score (nSPS) is 17.4. The van der Waals surface area contributed by atoms with Gasteiger partial charge in [-0.2, -0.15) is 9.30 Å². The number of rotatable bonds is 6. The first-order chi connectivity index (χ1) is 16.2. The van der Waals surface area contributed by atoms with E-state index in [0.717, 1.165) is 22.2 Å². The first kappa shape index (κ1) is 24.6. The molecule has 1 saturated heterocycles. The van der Waals surface area contributed by atoms with Crippen molar-refractivity contribution in [3.05, 3.63) is 57.9 Å². The summed E-state index contributed by atoms with van der Waals surface area (Å²) in [5.41, 5.74) is 1.88. The molecule has 0 N–H and O–H groups in total. The number of esters is 1. The number of amides is 1. The fourth-order valence-electron chi connectivity index (χ4n) is 3.95. The predicted octanol–water partition coefficient (Wildman–Crippen LogP) is 3.37. The van der Waals surface area contributed by atoms with Crippen molar-refractivity contribution in [2.75, 3.05) is 13.7 Å². The highest BCUT2D eigenvalue weighted by molar-refractivity contribution is 7.89. The molecule has 1 atom stereocenters. The summed E-state index contributed by atoms with van der Waals surface area (Å²) >= 11 is 7.18. The van der Waals surface area contributed by atoms with E-state index < -0.39 is 27.9 Å². The van der Waals surface area contributed by atoms with E-state index in [1.807, 2.05) is 25.1 Å². The molecule has 4 rings (SSSR count). The zero-order valence-electron chi connectivity index (χ0n) is 18.7. The number of aryl methyl sites for hydroxylation is 1. The molecule has 34 heavy (non-hydrogen) atoms. The molecule has 1 aromatic heterocycles. The third kappa shape index (κ3) is 4.81. The Morgan fingerprint density at radius 1 is 1.21 bits per heavy atom. The highest BCUT2D eigenvalue weighted by Crippen LogP contribution is 2.28. The second-order valence-corrected chi connectivity index (χ2v) is 11.2. The lowest BCUT2D eigenvalue weighted by Crippen LogP contribution is -2.40. The quantitative estimate of drug-likeness (QED) is 0.463. The van der Waals surface area contributed by atoms with Gasteiger partial charge in [0.25, 0.3) is 5.91 Å². The topological polar surface area (TPSA) is 98.0 Å². The van der Waals surface area contributed by atoms with Gasteiger partial charge in [-0.05, 0) is 61.2 Å². The fourth-order valence-corrected chi connectivity index (χ4v) is 6.83. The number of hydrogen-bond acceptors (Lipinski definition) is 6. The molecule has 3 aromatic rings. The van der Waals surface area contributed by atoms with Crippen molar-refractivity contribution < 1.29 is 22.7 Å². The average molecular weight is 522 g/mol. The molecule has 0 aliphatic carbocycles. The van der Waals surface area contributed by atoms with Crippen molar-refractivity contribution in [3.8, 4) is 0 Å². The Morgan fingerprint density at radius 3 is 2.62 bits per heavy atom. The Morgan fingerprint density at radius 2 is 1.94 bits per heavy atom. The molecular weight excluding hydrogens is 498 g/mol. The number of nitrogens with zero attached hydrogens (tertiary/aromatic N) is 3. The highest BCUT2D eigenvalue weighted by atomic mass is 35.5. The summed E-state index contributed by atoms with van der Waals surface area (Å²) in [6.45, 7) is 2.17. The molecule has 1 aliphatic rings. The standard InChI is InChI=1S/C23H24ClN3O5S2/c1-3-15-6-11-18-20(13-15)33-23(26(18)14-21(28)32-2)25-22(29)19-5-4-12-27(19)34(30,31)17-9-7-16(24)8-10-17/h6-11,13,19H,3-5,12,14H2,1-2H3. The van der Waals surface area contributed by atoms with Crippen LogP contribution in [0.4, 0.5) is 0 Å². The van der Waals surface area contributed by atoms with E-state index >= 15 is 0 Å². The number of thiazole rings is 1. The van der Waals surface area contributed by atoms with Crippen LogP contribution in [0.2, 0.25) is 5.02 Å². The zero-order valence-corrected chi connectivity index (χ0v) is 21.1.